The summed E-state index contributed by atoms with van der Waals surface area (Å²) in [5.74, 6) is 0.161. The number of allylic oxidation sites excluding steroid dienone is 1. The van der Waals surface area contributed by atoms with Gasteiger partial charge in [0.05, 0.1) is 21.1 Å². The summed E-state index contributed by atoms with van der Waals surface area (Å²) in [7, 11) is 0. The average molecular weight is 342 g/mol. The van der Waals surface area contributed by atoms with Crippen LogP contribution in [0.15, 0.2) is 46.9 Å². The molecule has 0 saturated heterocycles. The Morgan fingerprint density at radius 3 is 2.81 bits per heavy atom. The van der Waals surface area contributed by atoms with Crippen molar-refractivity contribution in [2.45, 2.75) is 0 Å². The summed E-state index contributed by atoms with van der Waals surface area (Å²) < 4.78 is 13.6. The SMILES string of the molecule is N#CC(=Cc1ccc(F)c(Br)c1)c1nc2ccccc2[nH]1. The van der Waals surface area contributed by atoms with E-state index >= 15 is 0 Å². The number of nitriles is 1. The maximum absolute atomic E-state index is 13.2. The minimum absolute atomic E-state index is 0.339. The summed E-state index contributed by atoms with van der Waals surface area (Å²) in [6, 6.07) is 14.3. The number of nitrogens with zero attached hydrogens (tertiary/aromatic N) is 2. The summed E-state index contributed by atoms with van der Waals surface area (Å²) >= 11 is 3.13. The van der Waals surface area contributed by atoms with Gasteiger partial charge in [-0.05, 0) is 51.8 Å². The van der Waals surface area contributed by atoms with Gasteiger partial charge in [-0.3, -0.25) is 0 Å². The molecule has 0 bridgehead atoms. The Balaban J connectivity index is 2.06. The second-order valence-electron chi connectivity index (χ2n) is 4.45. The number of rotatable bonds is 2. The van der Waals surface area contributed by atoms with Crippen molar-refractivity contribution in [3.05, 3.63) is 64.1 Å². The Kier molecular flexibility index (Phi) is 3.55. The van der Waals surface area contributed by atoms with Crippen LogP contribution in [0.25, 0.3) is 22.7 Å². The third-order valence-electron chi connectivity index (χ3n) is 3.02. The highest BCUT2D eigenvalue weighted by atomic mass is 79.9. The Hall–Kier alpha value is -2.45. The molecule has 21 heavy (non-hydrogen) atoms. The quantitative estimate of drug-likeness (QED) is 0.696. The van der Waals surface area contributed by atoms with Gasteiger partial charge in [-0.25, -0.2) is 9.37 Å². The Morgan fingerprint density at radius 2 is 2.10 bits per heavy atom. The van der Waals surface area contributed by atoms with Crippen LogP contribution in [0.4, 0.5) is 4.39 Å². The molecule has 0 spiro atoms. The normalized spacial score (nSPS) is 11.6. The van der Waals surface area contributed by atoms with E-state index in [0.29, 0.717) is 15.9 Å². The van der Waals surface area contributed by atoms with E-state index in [2.05, 4.69) is 32.0 Å². The molecular weight excluding hydrogens is 333 g/mol. The lowest BCUT2D eigenvalue weighted by molar-refractivity contribution is 0.621. The number of imidazole rings is 1. The number of nitrogens with one attached hydrogen (secondary N) is 1. The molecule has 0 saturated carbocycles. The summed E-state index contributed by atoms with van der Waals surface area (Å²) in [6.07, 6.45) is 1.67. The standard InChI is InChI=1S/C16H9BrFN3/c17-12-8-10(5-6-13(12)18)7-11(9-19)16-20-14-3-1-2-4-15(14)21-16/h1-8H,(H,20,21). The zero-order valence-electron chi connectivity index (χ0n) is 10.8. The maximum atomic E-state index is 13.2. The van der Waals surface area contributed by atoms with Crippen molar-refractivity contribution in [1.29, 1.82) is 5.26 Å². The fourth-order valence-electron chi connectivity index (χ4n) is 2.00. The molecule has 2 aromatic carbocycles. The van der Waals surface area contributed by atoms with Gasteiger partial charge in [-0.15, -0.1) is 0 Å². The monoisotopic (exact) mass is 341 g/mol. The third-order valence-corrected chi connectivity index (χ3v) is 3.63. The van der Waals surface area contributed by atoms with Crippen LogP contribution in [-0.2, 0) is 0 Å². The van der Waals surface area contributed by atoms with E-state index in [4.69, 9.17) is 0 Å². The van der Waals surface area contributed by atoms with Crippen LogP contribution in [0.5, 0.6) is 0 Å². The molecule has 5 heteroatoms. The zero-order chi connectivity index (χ0) is 14.8. The van der Waals surface area contributed by atoms with E-state index < -0.39 is 0 Å². The van der Waals surface area contributed by atoms with Crippen LogP contribution >= 0.6 is 15.9 Å². The largest absolute Gasteiger partial charge is 0.337 e. The average Bonchev–Trinajstić information content (AvgIpc) is 2.92. The van der Waals surface area contributed by atoms with Gasteiger partial charge in [-0.1, -0.05) is 18.2 Å². The summed E-state index contributed by atoms with van der Waals surface area (Å²) in [6.45, 7) is 0. The van der Waals surface area contributed by atoms with Gasteiger partial charge in [0.1, 0.15) is 17.7 Å². The minimum Gasteiger partial charge on any atom is -0.337 e. The highest BCUT2D eigenvalue weighted by Crippen LogP contribution is 2.22. The molecule has 0 radical (unpaired) electrons. The predicted molar refractivity (Wildman–Crippen MR) is 83.7 cm³/mol. The van der Waals surface area contributed by atoms with Gasteiger partial charge in [0, 0.05) is 0 Å². The summed E-state index contributed by atoms with van der Waals surface area (Å²) in [4.78, 5) is 7.49. The highest BCUT2D eigenvalue weighted by molar-refractivity contribution is 9.10. The molecule has 0 aliphatic heterocycles. The van der Waals surface area contributed by atoms with Crippen LogP contribution in [0.2, 0.25) is 0 Å². The topological polar surface area (TPSA) is 52.5 Å². The number of aromatic amines is 1. The number of halogens is 2. The zero-order valence-corrected chi connectivity index (χ0v) is 12.4. The molecule has 0 fully saturated rings. The number of benzene rings is 2. The first-order valence-corrected chi connectivity index (χ1v) is 6.98. The number of fused-ring (bicyclic) bond motifs is 1. The molecule has 1 N–H and O–H groups in total. The fourth-order valence-corrected chi connectivity index (χ4v) is 2.40. The molecule has 0 aliphatic carbocycles. The third kappa shape index (κ3) is 2.71. The lowest BCUT2D eigenvalue weighted by Crippen LogP contribution is -1.86. The van der Waals surface area contributed by atoms with Crippen molar-refractivity contribution in [1.82, 2.24) is 9.97 Å². The molecular formula is C16H9BrFN3. The summed E-state index contributed by atoms with van der Waals surface area (Å²) in [5, 5.41) is 9.33. The predicted octanol–water partition coefficient (Wildman–Crippen LogP) is 4.53. The number of para-hydroxylation sites is 2. The number of hydrogen-bond donors (Lipinski definition) is 1. The number of aromatic nitrogens is 2. The molecule has 0 amide bonds. The Morgan fingerprint density at radius 1 is 1.29 bits per heavy atom. The van der Waals surface area contributed by atoms with E-state index in [-0.39, 0.29) is 5.82 Å². The molecule has 3 nitrogen and oxygen atoms in total. The first kappa shape index (κ1) is 13.5. The van der Waals surface area contributed by atoms with Gasteiger partial charge in [-0.2, -0.15) is 5.26 Å². The molecule has 0 atom stereocenters. The smallest absolute Gasteiger partial charge is 0.149 e. The lowest BCUT2D eigenvalue weighted by Gasteiger charge is -1.98. The molecule has 1 heterocycles. The van der Waals surface area contributed by atoms with Crippen LogP contribution in [0.1, 0.15) is 11.4 Å². The Labute approximate surface area is 128 Å². The van der Waals surface area contributed by atoms with E-state index in [0.717, 1.165) is 16.6 Å². The van der Waals surface area contributed by atoms with Gasteiger partial charge < -0.3 is 4.98 Å². The fraction of sp³-hybridized carbons (Fsp3) is 0. The lowest BCUT2D eigenvalue weighted by atomic mass is 10.1. The van der Waals surface area contributed by atoms with Crippen LogP contribution in [-0.4, -0.2) is 9.97 Å². The van der Waals surface area contributed by atoms with Crippen LogP contribution in [0.3, 0.4) is 0 Å². The van der Waals surface area contributed by atoms with Gasteiger partial charge in [0.25, 0.3) is 0 Å². The molecule has 0 aliphatic rings. The number of hydrogen-bond acceptors (Lipinski definition) is 2. The second kappa shape index (κ2) is 5.51. The first-order valence-electron chi connectivity index (χ1n) is 6.19. The first-order chi connectivity index (χ1) is 10.2. The van der Waals surface area contributed by atoms with Gasteiger partial charge in [0.15, 0.2) is 0 Å². The van der Waals surface area contributed by atoms with Crippen molar-refractivity contribution < 1.29 is 4.39 Å². The molecule has 3 aromatic rings. The van der Waals surface area contributed by atoms with Crippen LogP contribution in [0, 0.1) is 17.1 Å². The Bertz CT molecular complexity index is 857. The molecule has 3 rings (SSSR count). The van der Waals surface area contributed by atoms with E-state index in [1.165, 1.54) is 6.07 Å². The van der Waals surface area contributed by atoms with E-state index in [9.17, 15) is 9.65 Å². The maximum Gasteiger partial charge on any atom is 0.149 e. The molecule has 102 valence electrons. The van der Waals surface area contributed by atoms with Gasteiger partial charge >= 0.3 is 0 Å². The van der Waals surface area contributed by atoms with Crippen LogP contribution < -0.4 is 0 Å². The van der Waals surface area contributed by atoms with E-state index in [1.54, 1.807) is 18.2 Å². The van der Waals surface area contributed by atoms with Gasteiger partial charge in [0.2, 0.25) is 0 Å². The highest BCUT2D eigenvalue weighted by Gasteiger charge is 2.08. The molecule has 1 aromatic heterocycles. The van der Waals surface area contributed by atoms with Crippen molar-refractivity contribution in [2.75, 3.05) is 0 Å². The van der Waals surface area contributed by atoms with E-state index in [1.807, 2.05) is 24.3 Å². The summed E-state index contributed by atoms with van der Waals surface area (Å²) in [5.41, 5.74) is 2.79. The van der Waals surface area contributed by atoms with Crippen molar-refractivity contribution in [3.63, 3.8) is 0 Å². The van der Waals surface area contributed by atoms with Crippen molar-refractivity contribution in [2.24, 2.45) is 0 Å². The van der Waals surface area contributed by atoms with Crippen molar-refractivity contribution >= 4 is 38.6 Å². The minimum atomic E-state index is -0.339. The number of H-pyrrole nitrogens is 1. The van der Waals surface area contributed by atoms with Crippen molar-refractivity contribution in [3.8, 4) is 6.07 Å². The second-order valence-corrected chi connectivity index (χ2v) is 5.30. The molecule has 0 unspecified atom stereocenters.